The lowest BCUT2D eigenvalue weighted by molar-refractivity contribution is 0.269. The smallest absolute Gasteiger partial charge is 0.103 e. The molecule has 0 amide bonds. The highest BCUT2D eigenvalue weighted by molar-refractivity contribution is 5.37. The van der Waals surface area contributed by atoms with Gasteiger partial charge in [-0.25, -0.2) is 4.98 Å². The van der Waals surface area contributed by atoms with Gasteiger partial charge in [0.15, 0.2) is 0 Å². The zero-order chi connectivity index (χ0) is 15.1. The van der Waals surface area contributed by atoms with Crippen molar-refractivity contribution in [2.24, 2.45) is 5.41 Å². The third-order valence-electron chi connectivity index (χ3n) is 4.98. The Labute approximate surface area is 127 Å². The Hall–Kier alpha value is -1.61. The summed E-state index contributed by atoms with van der Waals surface area (Å²) in [6.45, 7) is 8.77. The number of aromatic amines is 1. The Morgan fingerprint density at radius 3 is 2.43 bits per heavy atom. The minimum atomic E-state index is 0.290. The van der Waals surface area contributed by atoms with E-state index in [-0.39, 0.29) is 5.41 Å². The second-order valence-corrected chi connectivity index (χ2v) is 7.17. The van der Waals surface area contributed by atoms with Gasteiger partial charge in [-0.05, 0) is 31.4 Å². The van der Waals surface area contributed by atoms with Crippen LogP contribution in [0.5, 0.6) is 0 Å². The van der Waals surface area contributed by atoms with Crippen LogP contribution in [-0.4, -0.2) is 28.5 Å². The lowest BCUT2D eigenvalue weighted by atomic mass is 9.87. The summed E-state index contributed by atoms with van der Waals surface area (Å²) in [6, 6.07) is 11.0. The first-order valence-electron chi connectivity index (χ1n) is 7.68. The molecular weight excluding hydrogens is 258 g/mol. The van der Waals surface area contributed by atoms with Crippen molar-refractivity contribution in [3.63, 3.8) is 0 Å². The number of imidazole rings is 1. The molecule has 1 aliphatic rings. The maximum Gasteiger partial charge on any atom is 0.103 e. The number of nitrogens with one attached hydrogen (secondary N) is 1. The number of likely N-dealkylation sites (N-methyl/N-ethyl adjacent to an activating group) is 1. The van der Waals surface area contributed by atoms with Gasteiger partial charge in [0.1, 0.15) is 5.82 Å². The molecule has 1 atom stereocenters. The highest BCUT2D eigenvalue weighted by Gasteiger charge is 2.61. The van der Waals surface area contributed by atoms with Crippen LogP contribution < -0.4 is 0 Å². The van der Waals surface area contributed by atoms with Gasteiger partial charge < -0.3 is 4.98 Å². The molecule has 1 N–H and O–H groups in total. The first-order valence-corrected chi connectivity index (χ1v) is 7.68. The fraction of sp³-hybridized carbons (Fsp3) is 0.500. The van der Waals surface area contributed by atoms with E-state index < -0.39 is 0 Å². The molecule has 0 saturated heterocycles. The predicted octanol–water partition coefficient (Wildman–Crippen LogP) is 3.52. The average Bonchev–Trinajstić information content (AvgIpc) is 2.77. The lowest BCUT2D eigenvalue weighted by Crippen LogP contribution is -2.32. The summed E-state index contributed by atoms with van der Waals surface area (Å²) in [5, 5.41) is 0. The Bertz CT molecular complexity index is 614. The van der Waals surface area contributed by atoms with Crippen molar-refractivity contribution < 1.29 is 0 Å². The zero-order valence-electron chi connectivity index (χ0n) is 13.5. The Morgan fingerprint density at radius 1 is 1.24 bits per heavy atom. The van der Waals surface area contributed by atoms with E-state index in [2.05, 4.69) is 66.1 Å². The molecule has 2 aromatic rings. The summed E-state index contributed by atoms with van der Waals surface area (Å²) < 4.78 is 0. The highest BCUT2D eigenvalue weighted by atomic mass is 15.1. The molecule has 3 heteroatoms. The molecular formula is C18H25N3. The van der Waals surface area contributed by atoms with Crippen LogP contribution in [0.2, 0.25) is 0 Å². The number of hydrogen-bond donors (Lipinski definition) is 1. The number of hydrogen-bond acceptors (Lipinski definition) is 2. The second kappa shape index (κ2) is 4.99. The van der Waals surface area contributed by atoms with Crippen molar-refractivity contribution in [2.75, 3.05) is 13.6 Å². The molecule has 1 aromatic heterocycles. The second-order valence-electron chi connectivity index (χ2n) is 7.17. The molecule has 112 valence electrons. The monoisotopic (exact) mass is 283 g/mol. The van der Waals surface area contributed by atoms with Crippen molar-refractivity contribution in [3.8, 4) is 0 Å². The van der Waals surface area contributed by atoms with Crippen LogP contribution >= 0.6 is 0 Å². The fourth-order valence-corrected chi connectivity index (χ4v) is 3.68. The molecule has 0 radical (unpaired) electrons. The van der Waals surface area contributed by atoms with Crippen LogP contribution in [0.25, 0.3) is 0 Å². The van der Waals surface area contributed by atoms with Gasteiger partial charge in [0.25, 0.3) is 0 Å². The summed E-state index contributed by atoms with van der Waals surface area (Å²) in [6.07, 6.45) is 3.20. The van der Waals surface area contributed by atoms with Gasteiger partial charge in [0, 0.05) is 30.4 Å². The molecule has 21 heavy (non-hydrogen) atoms. The number of rotatable bonds is 5. The third-order valence-corrected chi connectivity index (χ3v) is 4.98. The molecule has 3 nitrogen and oxygen atoms in total. The van der Waals surface area contributed by atoms with Gasteiger partial charge in [-0.1, -0.05) is 44.2 Å². The molecule has 0 unspecified atom stereocenters. The van der Waals surface area contributed by atoms with Gasteiger partial charge in [-0.2, -0.15) is 0 Å². The molecule has 0 spiro atoms. The summed E-state index contributed by atoms with van der Waals surface area (Å²) in [4.78, 5) is 10.0. The maximum atomic E-state index is 4.29. The predicted molar refractivity (Wildman–Crippen MR) is 86.2 cm³/mol. The van der Waals surface area contributed by atoms with E-state index >= 15 is 0 Å². The van der Waals surface area contributed by atoms with Crippen LogP contribution in [0.3, 0.4) is 0 Å². The van der Waals surface area contributed by atoms with Gasteiger partial charge in [0.05, 0.1) is 0 Å². The van der Waals surface area contributed by atoms with E-state index in [0.29, 0.717) is 5.41 Å². The topological polar surface area (TPSA) is 31.9 Å². The first kappa shape index (κ1) is 14.3. The quantitative estimate of drug-likeness (QED) is 0.910. The van der Waals surface area contributed by atoms with E-state index in [1.807, 2.05) is 13.1 Å². The number of nitrogens with zero attached hydrogens (tertiary/aromatic N) is 2. The minimum absolute atomic E-state index is 0.290. The highest BCUT2D eigenvalue weighted by Crippen LogP contribution is 2.64. The summed E-state index contributed by atoms with van der Waals surface area (Å²) in [5.74, 6) is 0.989. The van der Waals surface area contributed by atoms with Crippen LogP contribution in [-0.2, 0) is 12.0 Å². The number of aromatic nitrogens is 2. The first-order chi connectivity index (χ1) is 9.93. The van der Waals surface area contributed by atoms with Crippen LogP contribution in [0.4, 0.5) is 0 Å². The van der Waals surface area contributed by atoms with Gasteiger partial charge in [0.2, 0.25) is 0 Å². The Morgan fingerprint density at radius 2 is 1.90 bits per heavy atom. The molecule has 0 aliphatic heterocycles. The van der Waals surface area contributed by atoms with Crippen molar-refractivity contribution in [1.82, 2.24) is 14.9 Å². The van der Waals surface area contributed by atoms with Crippen molar-refractivity contribution in [2.45, 2.75) is 39.2 Å². The van der Waals surface area contributed by atoms with Crippen molar-refractivity contribution in [3.05, 3.63) is 53.6 Å². The number of aryl methyl sites for hydroxylation is 1. The summed E-state index contributed by atoms with van der Waals surface area (Å²) >= 11 is 0. The number of benzene rings is 1. The van der Waals surface area contributed by atoms with Gasteiger partial charge in [-0.3, -0.25) is 4.90 Å². The third kappa shape index (κ3) is 2.62. The van der Waals surface area contributed by atoms with E-state index in [4.69, 9.17) is 0 Å². The van der Waals surface area contributed by atoms with E-state index in [1.165, 1.54) is 17.7 Å². The summed E-state index contributed by atoms with van der Waals surface area (Å²) in [5.41, 5.74) is 3.34. The van der Waals surface area contributed by atoms with Crippen LogP contribution in [0.1, 0.15) is 37.4 Å². The van der Waals surface area contributed by atoms with Crippen molar-refractivity contribution >= 4 is 0 Å². The summed E-state index contributed by atoms with van der Waals surface area (Å²) in [7, 11) is 2.20. The maximum absolute atomic E-state index is 4.29. The minimum Gasteiger partial charge on any atom is -0.345 e. The lowest BCUT2D eigenvalue weighted by Gasteiger charge is -2.27. The molecule has 1 aliphatic carbocycles. The fourth-order valence-electron chi connectivity index (χ4n) is 3.68. The molecule has 1 saturated carbocycles. The van der Waals surface area contributed by atoms with Crippen LogP contribution in [0, 0.1) is 12.3 Å². The zero-order valence-corrected chi connectivity index (χ0v) is 13.5. The molecule has 1 aromatic carbocycles. The van der Waals surface area contributed by atoms with E-state index in [0.717, 1.165) is 18.9 Å². The molecule has 1 fully saturated rings. The van der Waals surface area contributed by atoms with Crippen molar-refractivity contribution in [1.29, 1.82) is 0 Å². The SMILES string of the molecule is Cc1ncc(CN(C)C[C@]2(c3ccccc3)CC2(C)C)[nH]1. The van der Waals surface area contributed by atoms with E-state index in [9.17, 15) is 0 Å². The average molecular weight is 283 g/mol. The standard InChI is InChI=1S/C18H25N3/c1-14-19-10-16(20-14)11-21(4)13-18(12-17(18,2)3)15-8-6-5-7-9-15/h5-10H,11-13H2,1-4H3,(H,19,20)/t18-/m0/s1. The molecule has 3 rings (SSSR count). The van der Waals surface area contributed by atoms with Crippen LogP contribution in [0.15, 0.2) is 36.5 Å². The van der Waals surface area contributed by atoms with Gasteiger partial charge in [-0.15, -0.1) is 0 Å². The molecule has 0 bridgehead atoms. The number of H-pyrrole nitrogens is 1. The Balaban J connectivity index is 1.75. The van der Waals surface area contributed by atoms with Gasteiger partial charge >= 0.3 is 0 Å². The molecule has 1 heterocycles. The van der Waals surface area contributed by atoms with E-state index in [1.54, 1.807) is 0 Å². The normalized spacial score (nSPS) is 23.5. The largest absolute Gasteiger partial charge is 0.345 e. The Kier molecular flexibility index (Phi) is 3.40.